The number of sulfonamides is 1. The molecular formula is C15H12ClF3N2O3S. The van der Waals surface area contributed by atoms with Crippen molar-refractivity contribution in [3.05, 3.63) is 58.9 Å². The van der Waals surface area contributed by atoms with Gasteiger partial charge in [0.05, 0.1) is 17.1 Å². The van der Waals surface area contributed by atoms with Crippen molar-refractivity contribution in [2.24, 2.45) is 0 Å². The molecule has 2 aromatic carbocycles. The van der Waals surface area contributed by atoms with Gasteiger partial charge in [-0.05, 0) is 36.4 Å². The molecule has 5 nitrogen and oxygen atoms in total. The van der Waals surface area contributed by atoms with Crippen LogP contribution in [0.25, 0.3) is 0 Å². The maximum atomic E-state index is 13.5. The fourth-order valence-electron chi connectivity index (χ4n) is 1.89. The predicted octanol–water partition coefficient (Wildman–Crippen LogP) is 3.02. The molecule has 0 radical (unpaired) electrons. The highest BCUT2D eigenvalue weighted by atomic mass is 35.5. The van der Waals surface area contributed by atoms with Crippen molar-refractivity contribution in [2.75, 3.05) is 18.9 Å². The largest absolute Gasteiger partial charge is 0.322 e. The van der Waals surface area contributed by atoms with Crippen LogP contribution in [0.2, 0.25) is 5.02 Å². The summed E-state index contributed by atoms with van der Waals surface area (Å²) in [5, 5.41) is 2.33. The second-order valence-corrected chi connectivity index (χ2v) is 7.47. The average Bonchev–Trinajstić information content (AvgIpc) is 2.55. The Kier molecular flexibility index (Phi) is 5.71. The molecule has 1 amide bonds. The topological polar surface area (TPSA) is 66.5 Å². The van der Waals surface area contributed by atoms with Crippen LogP contribution in [0.4, 0.5) is 18.9 Å². The number of anilines is 1. The second-order valence-electron chi connectivity index (χ2n) is 4.99. The molecule has 0 unspecified atom stereocenters. The van der Waals surface area contributed by atoms with Gasteiger partial charge in [-0.1, -0.05) is 11.6 Å². The van der Waals surface area contributed by atoms with Crippen molar-refractivity contribution >= 4 is 33.2 Å². The Morgan fingerprint density at radius 3 is 2.28 bits per heavy atom. The number of benzene rings is 2. The Morgan fingerprint density at radius 2 is 1.68 bits per heavy atom. The summed E-state index contributed by atoms with van der Waals surface area (Å²) in [4.78, 5) is 11.8. The van der Waals surface area contributed by atoms with Crippen LogP contribution in [-0.4, -0.2) is 32.2 Å². The van der Waals surface area contributed by atoms with Crippen LogP contribution < -0.4 is 5.32 Å². The van der Waals surface area contributed by atoms with Crippen molar-refractivity contribution in [2.45, 2.75) is 4.90 Å². The van der Waals surface area contributed by atoms with Gasteiger partial charge in [0.2, 0.25) is 15.9 Å². The van der Waals surface area contributed by atoms with Crippen molar-refractivity contribution in [3.8, 4) is 0 Å². The summed E-state index contributed by atoms with van der Waals surface area (Å²) in [6, 6.07) is 6.75. The van der Waals surface area contributed by atoms with Gasteiger partial charge in [0.1, 0.15) is 0 Å². The van der Waals surface area contributed by atoms with E-state index in [0.717, 1.165) is 17.4 Å². The number of nitrogens with one attached hydrogen (secondary N) is 1. The lowest BCUT2D eigenvalue weighted by atomic mass is 10.3. The number of carbonyl (C=O) groups excluding carboxylic acids is 1. The van der Waals surface area contributed by atoms with Crippen LogP contribution in [0.3, 0.4) is 0 Å². The first kappa shape index (κ1) is 19.2. The zero-order valence-corrected chi connectivity index (χ0v) is 14.3. The molecular weight excluding hydrogens is 381 g/mol. The Morgan fingerprint density at radius 1 is 1.08 bits per heavy atom. The molecule has 0 fully saturated rings. The molecule has 0 saturated carbocycles. The van der Waals surface area contributed by atoms with Gasteiger partial charge in [-0.15, -0.1) is 0 Å². The van der Waals surface area contributed by atoms with Crippen molar-refractivity contribution in [1.82, 2.24) is 4.31 Å². The van der Waals surface area contributed by atoms with Gasteiger partial charge < -0.3 is 5.32 Å². The molecule has 1 N–H and O–H groups in total. The molecule has 0 bridgehead atoms. The molecule has 0 aromatic heterocycles. The first-order valence-corrected chi connectivity index (χ1v) is 8.60. The van der Waals surface area contributed by atoms with Crippen LogP contribution in [-0.2, 0) is 14.8 Å². The van der Waals surface area contributed by atoms with E-state index in [-0.39, 0.29) is 4.90 Å². The van der Waals surface area contributed by atoms with Gasteiger partial charge in [0.25, 0.3) is 0 Å². The Labute approximate surface area is 147 Å². The minimum atomic E-state index is -3.98. The van der Waals surface area contributed by atoms with Gasteiger partial charge in [-0.2, -0.15) is 4.31 Å². The molecule has 0 aliphatic heterocycles. The summed E-state index contributed by atoms with van der Waals surface area (Å²) in [5.74, 6) is -5.64. The number of amides is 1. The lowest BCUT2D eigenvalue weighted by Crippen LogP contribution is -2.35. The monoisotopic (exact) mass is 392 g/mol. The van der Waals surface area contributed by atoms with Crippen LogP contribution in [0.15, 0.2) is 41.3 Å². The minimum Gasteiger partial charge on any atom is -0.322 e. The lowest BCUT2D eigenvalue weighted by molar-refractivity contribution is -0.116. The van der Waals surface area contributed by atoms with E-state index >= 15 is 0 Å². The first-order valence-electron chi connectivity index (χ1n) is 6.78. The fourth-order valence-corrected chi connectivity index (χ4v) is 3.14. The summed E-state index contributed by atoms with van der Waals surface area (Å²) >= 11 is 5.69. The standard InChI is InChI=1S/C15H12ClF3N2O3S/c1-21(25(23,24)10-4-2-9(16)3-5-10)8-13(22)20-12-7-6-11(17)14(18)15(12)19/h2-7H,8H2,1H3,(H,20,22). The average molecular weight is 393 g/mol. The molecule has 2 aromatic rings. The van der Waals surface area contributed by atoms with E-state index in [4.69, 9.17) is 11.6 Å². The van der Waals surface area contributed by atoms with E-state index in [1.807, 2.05) is 5.32 Å². The molecule has 0 aliphatic carbocycles. The van der Waals surface area contributed by atoms with E-state index in [9.17, 15) is 26.4 Å². The van der Waals surface area contributed by atoms with E-state index < -0.39 is 45.6 Å². The van der Waals surface area contributed by atoms with E-state index in [0.29, 0.717) is 11.1 Å². The summed E-state index contributed by atoms with van der Waals surface area (Å²) in [6.45, 7) is -0.663. The van der Waals surface area contributed by atoms with Crippen molar-refractivity contribution in [3.63, 3.8) is 0 Å². The first-order chi connectivity index (χ1) is 11.6. The van der Waals surface area contributed by atoms with Gasteiger partial charge in [-0.25, -0.2) is 21.6 Å². The Hall–Kier alpha value is -2.10. The third-order valence-electron chi connectivity index (χ3n) is 3.20. The van der Waals surface area contributed by atoms with Crippen LogP contribution in [0.5, 0.6) is 0 Å². The predicted molar refractivity (Wildman–Crippen MR) is 86.2 cm³/mol. The van der Waals surface area contributed by atoms with Crippen molar-refractivity contribution in [1.29, 1.82) is 0 Å². The number of halogens is 4. The van der Waals surface area contributed by atoms with Crippen LogP contribution >= 0.6 is 11.6 Å². The van der Waals surface area contributed by atoms with Gasteiger partial charge >= 0.3 is 0 Å². The number of likely N-dealkylation sites (N-methyl/N-ethyl adjacent to an activating group) is 1. The fraction of sp³-hybridized carbons (Fsp3) is 0.133. The van der Waals surface area contributed by atoms with Crippen LogP contribution in [0.1, 0.15) is 0 Å². The van der Waals surface area contributed by atoms with E-state index in [1.54, 1.807) is 0 Å². The quantitative estimate of drug-likeness (QED) is 0.795. The third-order valence-corrected chi connectivity index (χ3v) is 5.27. The second kappa shape index (κ2) is 7.42. The molecule has 10 heteroatoms. The highest BCUT2D eigenvalue weighted by Gasteiger charge is 2.24. The molecule has 0 aliphatic rings. The highest BCUT2D eigenvalue weighted by Crippen LogP contribution is 2.20. The maximum absolute atomic E-state index is 13.5. The number of nitrogens with zero attached hydrogens (tertiary/aromatic N) is 1. The summed E-state index contributed by atoms with van der Waals surface area (Å²) in [7, 11) is -2.84. The van der Waals surface area contributed by atoms with Crippen LogP contribution in [0, 0.1) is 17.5 Å². The molecule has 2 rings (SSSR count). The zero-order chi connectivity index (χ0) is 18.8. The molecule has 25 heavy (non-hydrogen) atoms. The highest BCUT2D eigenvalue weighted by molar-refractivity contribution is 7.89. The number of hydrogen-bond acceptors (Lipinski definition) is 3. The lowest BCUT2D eigenvalue weighted by Gasteiger charge is -2.17. The van der Waals surface area contributed by atoms with Gasteiger partial charge in [0, 0.05) is 12.1 Å². The minimum absolute atomic E-state index is 0.0915. The Bertz CT molecular complexity index is 905. The number of hydrogen-bond donors (Lipinski definition) is 1. The molecule has 0 saturated heterocycles. The number of rotatable bonds is 5. The molecule has 0 spiro atoms. The zero-order valence-electron chi connectivity index (χ0n) is 12.8. The molecule has 0 heterocycles. The van der Waals surface area contributed by atoms with Gasteiger partial charge in [-0.3, -0.25) is 4.79 Å². The SMILES string of the molecule is CN(CC(=O)Nc1ccc(F)c(F)c1F)S(=O)(=O)c1ccc(Cl)cc1. The summed E-state index contributed by atoms with van der Waals surface area (Å²) in [5.41, 5.74) is -0.596. The molecule has 0 atom stereocenters. The smallest absolute Gasteiger partial charge is 0.243 e. The van der Waals surface area contributed by atoms with Crippen molar-refractivity contribution < 1.29 is 26.4 Å². The normalized spacial score (nSPS) is 11.6. The third kappa shape index (κ3) is 4.30. The summed E-state index contributed by atoms with van der Waals surface area (Å²) < 4.78 is 64.9. The Balaban J connectivity index is 2.12. The van der Waals surface area contributed by atoms with Gasteiger partial charge in [0.15, 0.2) is 17.5 Å². The number of carbonyl (C=O) groups is 1. The summed E-state index contributed by atoms with van der Waals surface area (Å²) in [6.07, 6.45) is 0. The van der Waals surface area contributed by atoms with E-state index in [2.05, 4.69) is 0 Å². The molecule has 134 valence electrons. The van der Waals surface area contributed by atoms with E-state index in [1.165, 1.54) is 24.3 Å². The maximum Gasteiger partial charge on any atom is 0.243 e.